The van der Waals surface area contributed by atoms with Crippen molar-refractivity contribution in [3.63, 3.8) is 0 Å². The molecule has 3 aliphatic rings. The second-order valence-electron chi connectivity index (χ2n) is 20.0. The number of benzene rings is 3. The van der Waals surface area contributed by atoms with Crippen LogP contribution in [0.3, 0.4) is 0 Å². The minimum atomic E-state index is -6.25. The molecule has 2 saturated heterocycles. The summed E-state index contributed by atoms with van der Waals surface area (Å²) in [5, 5.41) is 30.0. The van der Waals surface area contributed by atoms with Crippen molar-refractivity contribution in [2.24, 2.45) is 5.41 Å². The number of carbonyl (C=O) groups is 3. The topological polar surface area (TPSA) is 158 Å². The summed E-state index contributed by atoms with van der Waals surface area (Å²) in [6.45, 7) is 14.9. The van der Waals surface area contributed by atoms with Crippen LogP contribution in [-0.2, 0) is 44.7 Å². The summed E-state index contributed by atoms with van der Waals surface area (Å²) in [6, 6.07) is 19.5. The van der Waals surface area contributed by atoms with Gasteiger partial charge in [-0.25, -0.2) is 9.59 Å². The Bertz CT molecular complexity index is 2570. The molecule has 0 bridgehead atoms. The van der Waals surface area contributed by atoms with Crippen LogP contribution in [0.1, 0.15) is 122 Å². The van der Waals surface area contributed by atoms with Crippen LogP contribution in [0.4, 0.5) is 70.2 Å². The van der Waals surface area contributed by atoms with E-state index in [2.05, 4.69) is 80.5 Å². The van der Waals surface area contributed by atoms with Gasteiger partial charge >= 0.3 is 71.6 Å². The lowest BCUT2D eigenvalue weighted by atomic mass is 9.89. The fraction of sp³-hybridized carbons (Fsp3) is 0.588. The Morgan fingerprint density at radius 2 is 1.09 bits per heavy atom. The van der Waals surface area contributed by atoms with Crippen LogP contribution in [0.5, 0.6) is 0 Å². The molecule has 11 nitrogen and oxygen atoms in total. The largest absolute Gasteiger partial charge is 0.458 e. The van der Waals surface area contributed by atoms with E-state index in [4.69, 9.17) is 10.2 Å². The number of hydrogen-bond donors (Lipinski definition) is 3. The van der Waals surface area contributed by atoms with Gasteiger partial charge in [-0.1, -0.05) is 102 Å². The van der Waals surface area contributed by atoms with Crippen molar-refractivity contribution >= 4 is 28.7 Å². The number of rotatable bonds is 10. The van der Waals surface area contributed by atoms with Crippen LogP contribution in [0.15, 0.2) is 72.8 Å². The molecule has 0 amide bonds. The highest BCUT2D eigenvalue weighted by molar-refractivity contribution is 5.92. The van der Waals surface area contributed by atoms with Crippen molar-refractivity contribution in [3.8, 4) is 0 Å². The summed E-state index contributed by atoms with van der Waals surface area (Å²) in [5.41, 5.74) is -8.67. The first kappa shape index (κ1) is 67.0. The average molecular weight is 1150 g/mol. The molecule has 3 aromatic carbocycles. The number of halogens is 16. The molecule has 0 spiro atoms. The van der Waals surface area contributed by atoms with Gasteiger partial charge in [0.1, 0.15) is 6.61 Å². The normalized spacial score (nSPS) is 26.0. The molecule has 0 radical (unpaired) electrons. The maximum atomic E-state index is 14.0. The summed E-state index contributed by atoms with van der Waals surface area (Å²) in [7, 11) is 0. The van der Waals surface area contributed by atoms with Crippen molar-refractivity contribution < 1.29 is 124 Å². The van der Waals surface area contributed by atoms with Gasteiger partial charge in [0.05, 0.1) is 18.6 Å². The van der Waals surface area contributed by atoms with Gasteiger partial charge in [-0.3, -0.25) is 4.79 Å². The lowest BCUT2D eigenvalue weighted by Crippen LogP contribution is -2.63. The molecule has 2 heterocycles. The van der Waals surface area contributed by atoms with E-state index in [1.807, 2.05) is 13.8 Å². The molecule has 1 aliphatic carbocycles. The summed E-state index contributed by atoms with van der Waals surface area (Å²) in [5.74, 6) is -22.8. The Morgan fingerprint density at radius 3 is 1.42 bits per heavy atom. The minimum absolute atomic E-state index is 0.196. The van der Waals surface area contributed by atoms with Crippen LogP contribution < -0.4 is 0 Å². The molecule has 7 unspecified atom stereocenters. The average Bonchev–Trinajstić information content (AvgIpc) is 3.77. The third kappa shape index (κ3) is 12.4. The van der Waals surface area contributed by atoms with Gasteiger partial charge < -0.3 is 39.0 Å². The molecular formula is C51H58F16O11. The molecule has 27 heteroatoms. The van der Waals surface area contributed by atoms with Crippen LogP contribution >= 0.6 is 0 Å². The van der Waals surface area contributed by atoms with Crippen molar-refractivity contribution in [1.29, 1.82) is 0 Å². The monoisotopic (exact) mass is 1150 g/mol. The third-order valence-electron chi connectivity index (χ3n) is 13.8. The number of aliphatic hydroxyl groups is 3. The molecule has 7 atom stereocenters. The van der Waals surface area contributed by atoms with Crippen LogP contribution in [0, 0.1) is 5.41 Å². The molecule has 3 N–H and O–H groups in total. The number of ether oxygens (including phenoxy) is 5. The standard InChI is InChI=1S/C15H16F6O3.C14H14.C12H17F5O4.C10H11F5O4/c1-3-9(2)11-6-4-10(5-7-11)8-24-12(22)13(23,14(16,17)18)15(19,20)21;1-9-10(2)13-8-4-6-11-5-3-7-12(9)14(11)13;1-5-8(2,3)7(18)21-9(4)6-20-11(19,10(9,13)14)12(15,16)17;1-5(2)6(16)19-7(3)4-18-9(17,8(7,11)12)10(13,14)15/h4-7,9,23H,3,8H2,1-2H3;3-10H,1-2H3;19H,5-6H2,1-4H3;17H,1,4H2,2-3H3. The van der Waals surface area contributed by atoms with E-state index in [-0.39, 0.29) is 23.5 Å². The zero-order valence-corrected chi connectivity index (χ0v) is 43.4. The molecular weight excluding hydrogens is 1090 g/mol. The number of carbonyl (C=O) groups excluding carboxylic acids is 3. The van der Waals surface area contributed by atoms with Crippen molar-refractivity contribution in [3.05, 3.63) is 95.1 Å². The minimum Gasteiger partial charge on any atom is -0.458 e. The van der Waals surface area contributed by atoms with E-state index in [9.17, 15) is 89.7 Å². The summed E-state index contributed by atoms with van der Waals surface area (Å²) >= 11 is 0. The van der Waals surface area contributed by atoms with E-state index in [0.717, 1.165) is 18.9 Å². The van der Waals surface area contributed by atoms with E-state index in [0.29, 0.717) is 25.7 Å². The Morgan fingerprint density at radius 1 is 0.692 bits per heavy atom. The van der Waals surface area contributed by atoms with Gasteiger partial charge in [0.25, 0.3) is 0 Å². The van der Waals surface area contributed by atoms with Gasteiger partial charge in [0.2, 0.25) is 11.2 Å². The molecule has 2 fully saturated rings. The van der Waals surface area contributed by atoms with Crippen LogP contribution in [0.2, 0.25) is 0 Å². The predicted octanol–water partition coefficient (Wildman–Crippen LogP) is 12.6. The Hall–Kier alpha value is -5.25. The number of hydrogen-bond acceptors (Lipinski definition) is 11. The lowest BCUT2D eigenvalue weighted by molar-refractivity contribution is -0.409. The molecule has 3 aromatic rings. The summed E-state index contributed by atoms with van der Waals surface area (Å²) < 4.78 is 226. The highest BCUT2D eigenvalue weighted by Gasteiger charge is 2.84. The first-order chi connectivity index (χ1) is 35.1. The molecule has 0 saturated carbocycles. The number of esters is 3. The fourth-order valence-electron chi connectivity index (χ4n) is 7.57. The Labute approximate surface area is 436 Å². The molecule has 2 aliphatic heterocycles. The second kappa shape index (κ2) is 22.7. The zero-order chi connectivity index (χ0) is 60.6. The van der Waals surface area contributed by atoms with E-state index in [1.165, 1.54) is 47.9 Å². The first-order valence-corrected chi connectivity index (χ1v) is 23.4. The highest BCUT2D eigenvalue weighted by atomic mass is 19.4. The molecule has 6 rings (SSSR count). The van der Waals surface area contributed by atoms with Crippen LogP contribution in [0.25, 0.3) is 10.8 Å². The van der Waals surface area contributed by atoms with E-state index >= 15 is 0 Å². The molecule has 0 aromatic heterocycles. The maximum Gasteiger partial charge on any atom is 0.449 e. The predicted molar refractivity (Wildman–Crippen MR) is 244 cm³/mol. The quantitative estimate of drug-likeness (QED) is 0.0768. The summed E-state index contributed by atoms with van der Waals surface area (Å²) in [4.78, 5) is 34.3. The number of alkyl halides is 16. The van der Waals surface area contributed by atoms with E-state index in [1.54, 1.807) is 19.1 Å². The highest BCUT2D eigenvalue weighted by Crippen LogP contribution is 2.56. The smallest absolute Gasteiger partial charge is 0.449 e. The van der Waals surface area contributed by atoms with Gasteiger partial charge in [-0.2, -0.15) is 70.2 Å². The lowest BCUT2D eigenvalue weighted by Gasteiger charge is -2.37. The van der Waals surface area contributed by atoms with Gasteiger partial charge in [-0.15, -0.1) is 0 Å². The Balaban J connectivity index is 0.000000277. The Kier molecular flexibility index (Phi) is 19.5. The fourth-order valence-corrected chi connectivity index (χ4v) is 7.57. The maximum absolute atomic E-state index is 14.0. The summed E-state index contributed by atoms with van der Waals surface area (Å²) in [6.07, 6.45) is -22.9. The molecule has 78 heavy (non-hydrogen) atoms. The third-order valence-corrected chi connectivity index (χ3v) is 13.8. The van der Waals surface area contributed by atoms with Gasteiger partial charge in [-0.05, 0) is 98.2 Å². The van der Waals surface area contributed by atoms with E-state index < -0.39 is 108 Å². The van der Waals surface area contributed by atoms with Crippen molar-refractivity contribution in [2.45, 2.75) is 171 Å². The SMILES string of the molecule is C=C(C)C(=O)OC1(C)COC(O)(C(F)(F)F)C1(F)F.CC1c2cccc3cccc(c23)C1C.CCC(C)(C)C(=O)OC1(C)COC(O)(C(F)(F)F)C1(F)F.CCC(C)c1ccc(COC(=O)C(O)(C(F)(F)F)C(F)(F)F)cc1. The van der Waals surface area contributed by atoms with Crippen molar-refractivity contribution in [2.75, 3.05) is 13.2 Å². The van der Waals surface area contributed by atoms with Gasteiger partial charge in [0, 0.05) is 5.57 Å². The second-order valence-corrected chi connectivity index (χ2v) is 20.0. The van der Waals surface area contributed by atoms with Crippen LogP contribution in [-0.4, -0.2) is 111 Å². The first-order valence-electron chi connectivity index (χ1n) is 23.4. The zero-order valence-electron chi connectivity index (χ0n) is 43.4. The molecule has 440 valence electrons. The van der Waals surface area contributed by atoms with Crippen molar-refractivity contribution in [1.82, 2.24) is 0 Å². The van der Waals surface area contributed by atoms with Gasteiger partial charge in [0.15, 0.2) is 0 Å².